The molecule has 0 unspecified atom stereocenters. The van der Waals surface area contributed by atoms with Gasteiger partial charge in [-0.05, 0) is 31.6 Å². The largest absolute Gasteiger partial charge is 0.432 e. The maximum Gasteiger partial charge on any atom is 0.297 e. The molecule has 1 aliphatic rings. The van der Waals surface area contributed by atoms with E-state index in [1.54, 1.807) is 6.26 Å². The van der Waals surface area contributed by atoms with Gasteiger partial charge in [-0.1, -0.05) is 27.7 Å². The van der Waals surface area contributed by atoms with Gasteiger partial charge in [0, 0.05) is 25.2 Å². The first-order chi connectivity index (χ1) is 9.63. The van der Waals surface area contributed by atoms with Gasteiger partial charge >= 0.3 is 0 Å². The maximum atomic E-state index is 5.74. The number of nitrogens with one attached hydrogen (secondary N) is 1. The molecule has 2 rings (SSSR count). The highest BCUT2D eigenvalue weighted by Gasteiger charge is 2.23. The van der Waals surface area contributed by atoms with Crippen molar-refractivity contribution < 1.29 is 4.42 Å². The Balaban J connectivity index is 2.02. The van der Waals surface area contributed by atoms with E-state index in [-0.39, 0.29) is 0 Å². The zero-order valence-electron chi connectivity index (χ0n) is 13.4. The Morgan fingerprint density at radius 1 is 1.35 bits per heavy atom. The molecule has 0 aromatic carbocycles. The quantitative estimate of drug-likeness (QED) is 0.750. The smallest absolute Gasteiger partial charge is 0.297 e. The van der Waals surface area contributed by atoms with Crippen molar-refractivity contribution in [3.8, 4) is 0 Å². The molecule has 1 heterocycles. The fraction of sp³-hybridized carbons (Fsp3) is 0.812. The molecule has 0 aliphatic heterocycles. The molecular formula is C16H29N3O. The van der Waals surface area contributed by atoms with Gasteiger partial charge in [0.2, 0.25) is 0 Å². The topological polar surface area (TPSA) is 41.3 Å². The fourth-order valence-corrected chi connectivity index (χ4v) is 2.55. The van der Waals surface area contributed by atoms with Crippen molar-refractivity contribution in [2.24, 2.45) is 5.92 Å². The minimum atomic E-state index is 0.514. The average molecular weight is 279 g/mol. The molecule has 1 aromatic rings. The maximum absolute atomic E-state index is 5.74. The number of rotatable bonds is 9. The molecule has 0 atom stereocenters. The van der Waals surface area contributed by atoms with E-state index in [4.69, 9.17) is 4.42 Å². The predicted molar refractivity (Wildman–Crippen MR) is 82.9 cm³/mol. The summed E-state index contributed by atoms with van der Waals surface area (Å²) in [6, 6.07) is 2.02. The Hall–Kier alpha value is -1.03. The summed E-state index contributed by atoms with van der Waals surface area (Å²) >= 11 is 0. The van der Waals surface area contributed by atoms with Gasteiger partial charge in [-0.2, -0.15) is 4.98 Å². The normalized spacial score (nSPS) is 15.3. The number of hydrogen-bond acceptors (Lipinski definition) is 4. The lowest BCUT2D eigenvalue weighted by Crippen LogP contribution is -2.37. The molecule has 1 fully saturated rings. The molecule has 1 aliphatic carbocycles. The van der Waals surface area contributed by atoms with E-state index in [0.717, 1.165) is 37.6 Å². The van der Waals surface area contributed by atoms with Crippen molar-refractivity contribution in [1.82, 2.24) is 10.3 Å². The SMILES string of the molecule is CCC(CC)N(CC(C)C)c1nc(CNC2CC2)co1. The van der Waals surface area contributed by atoms with Crippen molar-refractivity contribution in [2.45, 2.75) is 72.0 Å². The zero-order chi connectivity index (χ0) is 14.5. The Labute approximate surface area is 122 Å². The Kier molecular flexibility index (Phi) is 5.46. The standard InChI is InChI=1S/C16H29N3O/c1-5-15(6-2)19(10-12(3)4)16-18-14(11-20-16)9-17-13-7-8-13/h11-13,15,17H,5-10H2,1-4H3. The Bertz CT molecular complexity index is 394. The van der Waals surface area contributed by atoms with Crippen LogP contribution in [0, 0.1) is 5.92 Å². The summed E-state index contributed by atoms with van der Waals surface area (Å²) in [6.07, 6.45) is 6.67. The van der Waals surface area contributed by atoms with Crippen LogP contribution in [-0.2, 0) is 6.54 Å². The molecule has 0 saturated heterocycles. The summed E-state index contributed by atoms with van der Waals surface area (Å²) in [7, 11) is 0. The van der Waals surface area contributed by atoms with Gasteiger partial charge in [0.25, 0.3) is 6.01 Å². The fourth-order valence-electron chi connectivity index (χ4n) is 2.55. The third kappa shape index (κ3) is 4.23. The van der Waals surface area contributed by atoms with Crippen LogP contribution >= 0.6 is 0 Å². The summed E-state index contributed by atoms with van der Waals surface area (Å²) in [5.74, 6) is 0.607. The van der Waals surface area contributed by atoms with Crippen LogP contribution in [0.4, 0.5) is 6.01 Å². The van der Waals surface area contributed by atoms with Crippen LogP contribution in [0.25, 0.3) is 0 Å². The summed E-state index contributed by atoms with van der Waals surface area (Å²) < 4.78 is 5.74. The van der Waals surface area contributed by atoms with Crippen molar-refractivity contribution in [3.05, 3.63) is 12.0 Å². The molecule has 0 spiro atoms. The molecule has 0 amide bonds. The zero-order valence-corrected chi connectivity index (χ0v) is 13.4. The van der Waals surface area contributed by atoms with Crippen LogP contribution in [0.2, 0.25) is 0 Å². The number of aromatic nitrogens is 1. The van der Waals surface area contributed by atoms with Gasteiger partial charge in [0.1, 0.15) is 6.26 Å². The molecule has 0 bridgehead atoms. The van der Waals surface area contributed by atoms with Gasteiger partial charge in [0.05, 0.1) is 5.69 Å². The highest BCUT2D eigenvalue weighted by Crippen LogP contribution is 2.23. The number of nitrogens with zero attached hydrogens (tertiary/aromatic N) is 2. The van der Waals surface area contributed by atoms with E-state index in [1.165, 1.54) is 12.8 Å². The van der Waals surface area contributed by atoms with Crippen LogP contribution in [0.5, 0.6) is 0 Å². The van der Waals surface area contributed by atoms with E-state index in [0.29, 0.717) is 18.0 Å². The first-order valence-corrected chi connectivity index (χ1v) is 8.08. The van der Waals surface area contributed by atoms with Crippen LogP contribution in [0.3, 0.4) is 0 Å². The third-order valence-corrected chi connectivity index (χ3v) is 3.88. The minimum absolute atomic E-state index is 0.514. The molecule has 1 saturated carbocycles. The molecule has 114 valence electrons. The van der Waals surface area contributed by atoms with Gasteiger partial charge < -0.3 is 14.6 Å². The highest BCUT2D eigenvalue weighted by molar-refractivity contribution is 5.29. The van der Waals surface area contributed by atoms with Crippen LogP contribution in [-0.4, -0.2) is 23.6 Å². The lowest BCUT2D eigenvalue weighted by atomic mass is 10.1. The minimum Gasteiger partial charge on any atom is -0.432 e. The second-order valence-electron chi connectivity index (χ2n) is 6.29. The van der Waals surface area contributed by atoms with Crippen molar-refractivity contribution >= 4 is 6.01 Å². The summed E-state index contributed by atoms with van der Waals surface area (Å²) in [6.45, 7) is 10.8. The van der Waals surface area contributed by atoms with Crippen LogP contribution in [0.1, 0.15) is 59.1 Å². The highest BCUT2D eigenvalue weighted by atomic mass is 16.4. The molecule has 4 nitrogen and oxygen atoms in total. The second kappa shape index (κ2) is 7.11. The van der Waals surface area contributed by atoms with Crippen molar-refractivity contribution in [3.63, 3.8) is 0 Å². The third-order valence-electron chi connectivity index (χ3n) is 3.88. The van der Waals surface area contributed by atoms with Crippen LogP contribution in [0.15, 0.2) is 10.7 Å². The van der Waals surface area contributed by atoms with Crippen molar-refractivity contribution in [1.29, 1.82) is 0 Å². The van der Waals surface area contributed by atoms with E-state index >= 15 is 0 Å². The van der Waals surface area contributed by atoms with Gasteiger partial charge in [-0.25, -0.2) is 0 Å². The van der Waals surface area contributed by atoms with Gasteiger partial charge in [0.15, 0.2) is 0 Å². The van der Waals surface area contributed by atoms with Gasteiger partial charge in [-0.15, -0.1) is 0 Å². The lowest BCUT2D eigenvalue weighted by Gasteiger charge is -2.30. The predicted octanol–water partition coefficient (Wildman–Crippen LogP) is 3.58. The number of anilines is 1. The second-order valence-corrected chi connectivity index (χ2v) is 6.29. The average Bonchev–Trinajstić information content (AvgIpc) is 3.13. The molecular weight excluding hydrogens is 250 g/mol. The van der Waals surface area contributed by atoms with E-state index in [1.807, 2.05) is 0 Å². The summed E-state index contributed by atoms with van der Waals surface area (Å²) in [5, 5.41) is 3.48. The molecule has 20 heavy (non-hydrogen) atoms. The summed E-state index contributed by atoms with van der Waals surface area (Å²) in [4.78, 5) is 7.02. The Morgan fingerprint density at radius 2 is 2.05 bits per heavy atom. The monoisotopic (exact) mass is 279 g/mol. The molecule has 1 aromatic heterocycles. The molecule has 0 radical (unpaired) electrons. The molecule has 4 heteroatoms. The van der Waals surface area contributed by atoms with Crippen LogP contribution < -0.4 is 10.2 Å². The lowest BCUT2D eigenvalue weighted by molar-refractivity contribution is 0.447. The van der Waals surface area contributed by atoms with E-state index < -0.39 is 0 Å². The Morgan fingerprint density at radius 3 is 2.60 bits per heavy atom. The van der Waals surface area contributed by atoms with Gasteiger partial charge in [-0.3, -0.25) is 0 Å². The number of hydrogen-bond donors (Lipinski definition) is 1. The first-order valence-electron chi connectivity index (χ1n) is 8.08. The summed E-state index contributed by atoms with van der Waals surface area (Å²) in [5.41, 5.74) is 1.02. The van der Waals surface area contributed by atoms with E-state index in [2.05, 4.69) is 42.9 Å². The van der Waals surface area contributed by atoms with Crippen molar-refractivity contribution in [2.75, 3.05) is 11.4 Å². The first kappa shape index (κ1) is 15.4. The number of oxazole rings is 1. The van der Waals surface area contributed by atoms with E-state index in [9.17, 15) is 0 Å². The molecule has 1 N–H and O–H groups in total.